The molecule has 5 aromatic carbocycles. The average molecular weight is 527 g/mol. The minimum Gasteiger partial charge on any atom is -0.0843 e. The molecule has 0 aromatic heterocycles. The fourth-order valence-electron chi connectivity index (χ4n) is 7.36. The van der Waals surface area contributed by atoms with Crippen molar-refractivity contribution >= 4 is 39.5 Å². The number of halogens is 2. The van der Waals surface area contributed by atoms with Crippen molar-refractivity contribution in [1.29, 1.82) is 0 Å². The summed E-state index contributed by atoms with van der Waals surface area (Å²) in [6.45, 7) is 2.33. The van der Waals surface area contributed by atoms with Crippen molar-refractivity contribution in [3.8, 4) is 22.3 Å². The smallest absolute Gasteiger partial charge is 0.0689 e. The van der Waals surface area contributed by atoms with Gasteiger partial charge < -0.3 is 0 Å². The molecule has 182 valence electrons. The van der Waals surface area contributed by atoms with Crippen LogP contribution >= 0.6 is 23.2 Å². The second-order valence-electron chi connectivity index (χ2n) is 10.8. The first-order chi connectivity index (χ1) is 18.6. The third-order valence-electron chi connectivity index (χ3n) is 8.79. The standard InChI is InChI=1S/C36H24Cl2/c1-21-13-16-26-25-9-4-5-11-29(25)36(32(26)19-21)30-12-6-10-28(27-17-15-23(37)20-33(27)38)35(30)34-24-8-3-2-7-22(24)14-18-31(34)36/h2-18,20-21H,19H2,1H3. The van der Waals surface area contributed by atoms with Crippen LogP contribution in [0.4, 0.5) is 0 Å². The first-order valence-electron chi connectivity index (χ1n) is 13.2. The second-order valence-corrected chi connectivity index (χ2v) is 11.6. The fraction of sp³-hybridized carbons (Fsp3) is 0.111. The Morgan fingerprint density at radius 3 is 2.34 bits per heavy atom. The van der Waals surface area contributed by atoms with Gasteiger partial charge in [0.25, 0.3) is 0 Å². The average Bonchev–Trinajstić information content (AvgIpc) is 3.40. The van der Waals surface area contributed by atoms with Crippen LogP contribution < -0.4 is 0 Å². The summed E-state index contributed by atoms with van der Waals surface area (Å²) in [5, 5.41) is 3.86. The van der Waals surface area contributed by atoms with Gasteiger partial charge in [0, 0.05) is 15.6 Å². The Kier molecular flexibility index (Phi) is 4.70. The van der Waals surface area contributed by atoms with E-state index in [0.29, 0.717) is 16.0 Å². The Bertz CT molecular complexity index is 1890. The summed E-state index contributed by atoms with van der Waals surface area (Å²) in [5.74, 6) is 0.488. The minimum atomic E-state index is -0.325. The Balaban J connectivity index is 1.58. The third-order valence-corrected chi connectivity index (χ3v) is 9.34. The summed E-state index contributed by atoms with van der Waals surface area (Å²) in [5.41, 5.74) is 12.8. The molecule has 2 unspecified atom stereocenters. The molecule has 0 nitrogen and oxygen atoms in total. The highest BCUT2D eigenvalue weighted by Crippen LogP contribution is 2.66. The van der Waals surface area contributed by atoms with Crippen LogP contribution in [0, 0.1) is 5.92 Å². The van der Waals surface area contributed by atoms with Crippen LogP contribution in [0.15, 0.2) is 115 Å². The van der Waals surface area contributed by atoms with E-state index in [-0.39, 0.29) is 5.41 Å². The number of fused-ring (bicyclic) bond motifs is 11. The molecule has 1 spiro atoms. The van der Waals surface area contributed by atoms with Gasteiger partial charge in [-0.25, -0.2) is 0 Å². The lowest BCUT2D eigenvalue weighted by molar-refractivity contribution is 0.631. The predicted molar refractivity (Wildman–Crippen MR) is 161 cm³/mol. The molecule has 0 bridgehead atoms. The monoisotopic (exact) mass is 526 g/mol. The maximum Gasteiger partial charge on any atom is 0.0689 e. The van der Waals surface area contributed by atoms with Gasteiger partial charge in [0.15, 0.2) is 0 Å². The first kappa shape index (κ1) is 22.4. The van der Waals surface area contributed by atoms with Crippen LogP contribution in [-0.4, -0.2) is 0 Å². The van der Waals surface area contributed by atoms with Crippen molar-refractivity contribution in [2.45, 2.75) is 18.8 Å². The molecule has 0 N–H and O–H groups in total. The Morgan fingerprint density at radius 1 is 0.684 bits per heavy atom. The lowest BCUT2D eigenvalue weighted by Crippen LogP contribution is -2.28. The Hall–Kier alpha value is -3.58. The van der Waals surface area contributed by atoms with Crippen molar-refractivity contribution in [2.24, 2.45) is 5.92 Å². The highest BCUT2D eigenvalue weighted by Gasteiger charge is 2.53. The van der Waals surface area contributed by atoms with Gasteiger partial charge >= 0.3 is 0 Å². The van der Waals surface area contributed by atoms with Crippen LogP contribution in [-0.2, 0) is 5.41 Å². The minimum absolute atomic E-state index is 0.325. The summed E-state index contributed by atoms with van der Waals surface area (Å²) >= 11 is 13.2. The van der Waals surface area contributed by atoms with Gasteiger partial charge in [0.1, 0.15) is 0 Å². The molecule has 0 saturated heterocycles. The third kappa shape index (κ3) is 2.77. The molecule has 2 atom stereocenters. The lowest BCUT2D eigenvalue weighted by atomic mass is 9.67. The zero-order valence-electron chi connectivity index (χ0n) is 20.9. The van der Waals surface area contributed by atoms with Crippen LogP contribution in [0.25, 0.3) is 38.6 Å². The molecule has 3 aliphatic carbocycles. The maximum atomic E-state index is 6.87. The van der Waals surface area contributed by atoms with E-state index in [1.54, 1.807) is 0 Å². The summed E-state index contributed by atoms with van der Waals surface area (Å²) in [7, 11) is 0. The van der Waals surface area contributed by atoms with Crippen LogP contribution in [0.3, 0.4) is 0 Å². The van der Waals surface area contributed by atoms with Crippen molar-refractivity contribution < 1.29 is 0 Å². The number of rotatable bonds is 1. The molecule has 38 heavy (non-hydrogen) atoms. The van der Waals surface area contributed by atoms with E-state index in [1.165, 1.54) is 55.3 Å². The molecular formula is C36H24Cl2. The van der Waals surface area contributed by atoms with Crippen LogP contribution in [0.5, 0.6) is 0 Å². The summed E-state index contributed by atoms with van der Waals surface area (Å²) in [4.78, 5) is 0. The molecule has 0 aliphatic heterocycles. The number of hydrogen-bond acceptors (Lipinski definition) is 0. The molecule has 0 saturated carbocycles. The van der Waals surface area contributed by atoms with Gasteiger partial charge in [-0.1, -0.05) is 127 Å². The molecule has 5 aromatic rings. The zero-order chi connectivity index (χ0) is 25.6. The van der Waals surface area contributed by atoms with Crippen LogP contribution in [0.2, 0.25) is 10.0 Å². The van der Waals surface area contributed by atoms with Crippen LogP contribution in [0.1, 0.15) is 35.6 Å². The van der Waals surface area contributed by atoms with Gasteiger partial charge in [0.05, 0.1) is 5.41 Å². The molecule has 0 amide bonds. The highest BCUT2D eigenvalue weighted by molar-refractivity contribution is 6.36. The van der Waals surface area contributed by atoms with Gasteiger partial charge in [-0.05, 0) is 85.3 Å². The molecule has 3 aliphatic rings. The van der Waals surface area contributed by atoms with E-state index < -0.39 is 0 Å². The molecule has 8 rings (SSSR count). The highest BCUT2D eigenvalue weighted by atomic mass is 35.5. The molecule has 0 fully saturated rings. The van der Waals surface area contributed by atoms with Crippen molar-refractivity contribution in [3.63, 3.8) is 0 Å². The molecule has 0 heterocycles. The SMILES string of the molecule is CC1C=CC2=C(C1)C1(c3ccccc32)c2cccc(-c3ccc(Cl)cc3Cl)c2-c2c1ccc1ccccc21. The van der Waals surface area contributed by atoms with Crippen molar-refractivity contribution in [3.05, 3.63) is 147 Å². The predicted octanol–water partition coefficient (Wildman–Crippen LogP) is 10.5. The first-order valence-corrected chi connectivity index (χ1v) is 14.0. The maximum absolute atomic E-state index is 6.87. The van der Waals surface area contributed by atoms with E-state index in [0.717, 1.165) is 17.5 Å². The van der Waals surface area contributed by atoms with Gasteiger partial charge in [0.2, 0.25) is 0 Å². The summed E-state index contributed by atoms with van der Waals surface area (Å²) < 4.78 is 0. The summed E-state index contributed by atoms with van der Waals surface area (Å²) in [6, 6.07) is 35.1. The van der Waals surface area contributed by atoms with E-state index in [9.17, 15) is 0 Å². The largest absolute Gasteiger partial charge is 0.0843 e. The van der Waals surface area contributed by atoms with E-state index in [1.807, 2.05) is 12.1 Å². The topological polar surface area (TPSA) is 0 Å². The lowest BCUT2D eigenvalue weighted by Gasteiger charge is -2.34. The Labute approximate surface area is 232 Å². The van der Waals surface area contributed by atoms with Crippen molar-refractivity contribution in [2.75, 3.05) is 0 Å². The second kappa shape index (κ2) is 7.96. The molecule has 0 radical (unpaired) electrons. The molecular weight excluding hydrogens is 503 g/mol. The van der Waals surface area contributed by atoms with E-state index in [2.05, 4.69) is 104 Å². The number of allylic oxidation sites excluding steroid dienone is 4. The Morgan fingerprint density at radius 2 is 1.45 bits per heavy atom. The van der Waals surface area contributed by atoms with Gasteiger partial charge in [-0.2, -0.15) is 0 Å². The molecule has 2 heteroatoms. The number of benzene rings is 5. The quantitative estimate of drug-likeness (QED) is 0.203. The zero-order valence-corrected chi connectivity index (χ0v) is 22.4. The summed E-state index contributed by atoms with van der Waals surface area (Å²) in [6.07, 6.45) is 5.78. The van der Waals surface area contributed by atoms with Crippen molar-refractivity contribution in [1.82, 2.24) is 0 Å². The van der Waals surface area contributed by atoms with Gasteiger partial charge in [-0.15, -0.1) is 0 Å². The number of hydrogen-bond donors (Lipinski definition) is 0. The van der Waals surface area contributed by atoms with E-state index in [4.69, 9.17) is 23.2 Å². The van der Waals surface area contributed by atoms with Gasteiger partial charge in [-0.3, -0.25) is 0 Å². The van der Waals surface area contributed by atoms with E-state index >= 15 is 0 Å². The fourth-order valence-corrected chi connectivity index (χ4v) is 7.87. The normalized spacial score (nSPS) is 20.6.